The summed E-state index contributed by atoms with van der Waals surface area (Å²) in [5.74, 6) is 0.929. The van der Waals surface area contributed by atoms with Crippen molar-refractivity contribution in [1.82, 2.24) is 0 Å². The van der Waals surface area contributed by atoms with Gasteiger partial charge in [0.15, 0.2) is 11.5 Å². The van der Waals surface area contributed by atoms with Crippen LogP contribution in [-0.2, 0) is 4.79 Å². The highest BCUT2D eigenvalue weighted by Gasteiger charge is 2.11. The van der Waals surface area contributed by atoms with Crippen LogP contribution in [0.4, 0.5) is 0 Å². The van der Waals surface area contributed by atoms with Crippen molar-refractivity contribution in [3.05, 3.63) is 23.8 Å². The number of rotatable bonds is 6. The van der Waals surface area contributed by atoms with Crippen LogP contribution in [-0.4, -0.2) is 20.1 Å². The fraction of sp³-hybridized carbons (Fsp3) is 0.417. The lowest BCUT2D eigenvalue weighted by atomic mass is 10.0. The molecule has 5 nitrogen and oxygen atoms in total. The molecule has 1 aromatic rings. The summed E-state index contributed by atoms with van der Waals surface area (Å²) in [5, 5.41) is 0. The number of methoxy groups -OCH3 is 2. The SMILES string of the molecule is COc1ccc(C(N)CCC(N)=O)cc1OC. The second kappa shape index (κ2) is 6.10. The van der Waals surface area contributed by atoms with E-state index in [1.54, 1.807) is 20.3 Å². The van der Waals surface area contributed by atoms with Crippen molar-refractivity contribution in [3.8, 4) is 11.5 Å². The molecular weight excluding hydrogens is 220 g/mol. The van der Waals surface area contributed by atoms with Gasteiger partial charge < -0.3 is 20.9 Å². The first kappa shape index (κ1) is 13.3. The third-order valence-corrected chi connectivity index (χ3v) is 2.54. The molecule has 1 rings (SSSR count). The van der Waals surface area contributed by atoms with Crippen molar-refractivity contribution in [1.29, 1.82) is 0 Å². The van der Waals surface area contributed by atoms with Crippen molar-refractivity contribution in [2.75, 3.05) is 14.2 Å². The molecule has 17 heavy (non-hydrogen) atoms. The minimum absolute atomic E-state index is 0.234. The fourth-order valence-corrected chi connectivity index (χ4v) is 1.55. The maximum Gasteiger partial charge on any atom is 0.217 e. The maximum atomic E-state index is 10.7. The van der Waals surface area contributed by atoms with Gasteiger partial charge in [-0.3, -0.25) is 4.79 Å². The Balaban J connectivity index is 2.80. The summed E-state index contributed by atoms with van der Waals surface area (Å²) in [7, 11) is 3.14. The van der Waals surface area contributed by atoms with E-state index in [0.29, 0.717) is 17.9 Å². The van der Waals surface area contributed by atoms with E-state index in [9.17, 15) is 4.79 Å². The number of benzene rings is 1. The first-order valence-electron chi connectivity index (χ1n) is 5.34. The Kier molecular flexibility index (Phi) is 4.78. The topological polar surface area (TPSA) is 87.6 Å². The van der Waals surface area contributed by atoms with Crippen molar-refractivity contribution in [3.63, 3.8) is 0 Å². The number of carbonyl (C=O) groups is 1. The Hall–Kier alpha value is -1.75. The first-order valence-corrected chi connectivity index (χ1v) is 5.34. The summed E-state index contributed by atoms with van der Waals surface area (Å²) in [4.78, 5) is 10.7. The predicted octanol–water partition coefficient (Wildman–Crippen LogP) is 0.969. The Bertz CT molecular complexity index is 393. The monoisotopic (exact) mass is 238 g/mol. The van der Waals surface area contributed by atoms with E-state index in [4.69, 9.17) is 20.9 Å². The molecule has 94 valence electrons. The summed E-state index contributed by atoms with van der Waals surface area (Å²) in [5.41, 5.74) is 11.9. The van der Waals surface area contributed by atoms with Gasteiger partial charge in [0.05, 0.1) is 14.2 Å². The van der Waals surface area contributed by atoms with E-state index < -0.39 is 0 Å². The second-order valence-corrected chi connectivity index (χ2v) is 3.73. The van der Waals surface area contributed by atoms with E-state index in [2.05, 4.69) is 0 Å². The largest absolute Gasteiger partial charge is 0.493 e. The van der Waals surface area contributed by atoms with Gasteiger partial charge in [0.25, 0.3) is 0 Å². The Labute approximate surface area is 101 Å². The van der Waals surface area contributed by atoms with Gasteiger partial charge in [-0.1, -0.05) is 6.07 Å². The quantitative estimate of drug-likeness (QED) is 0.773. The zero-order chi connectivity index (χ0) is 12.8. The molecule has 0 fully saturated rings. The summed E-state index contributed by atoms with van der Waals surface area (Å²) in [6, 6.07) is 5.22. The van der Waals surface area contributed by atoms with Crippen molar-refractivity contribution < 1.29 is 14.3 Å². The van der Waals surface area contributed by atoms with Crippen molar-refractivity contribution in [2.45, 2.75) is 18.9 Å². The Morgan fingerprint density at radius 1 is 1.29 bits per heavy atom. The third kappa shape index (κ3) is 3.64. The van der Waals surface area contributed by atoms with Crippen LogP contribution in [0.5, 0.6) is 11.5 Å². The molecule has 0 bridgehead atoms. The molecule has 1 aromatic carbocycles. The van der Waals surface area contributed by atoms with E-state index in [-0.39, 0.29) is 18.4 Å². The van der Waals surface area contributed by atoms with Crippen LogP contribution < -0.4 is 20.9 Å². The predicted molar refractivity (Wildman–Crippen MR) is 64.9 cm³/mol. The maximum absolute atomic E-state index is 10.7. The lowest BCUT2D eigenvalue weighted by Crippen LogP contribution is -2.16. The molecule has 0 saturated heterocycles. The lowest BCUT2D eigenvalue weighted by Gasteiger charge is -2.14. The van der Waals surface area contributed by atoms with Gasteiger partial charge in [-0.2, -0.15) is 0 Å². The minimum atomic E-state index is -0.346. The third-order valence-electron chi connectivity index (χ3n) is 2.54. The molecule has 0 aliphatic rings. The molecular formula is C12H18N2O3. The van der Waals surface area contributed by atoms with E-state index in [0.717, 1.165) is 5.56 Å². The molecule has 4 N–H and O–H groups in total. The van der Waals surface area contributed by atoms with E-state index >= 15 is 0 Å². The molecule has 1 unspecified atom stereocenters. The number of hydrogen-bond donors (Lipinski definition) is 2. The van der Waals surface area contributed by atoms with Crippen LogP contribution in [0.15, 0.2) is 18.2 Å². The number of hydrogen-bond acceptors (Lipinski definition) is 4. The molecule has 0 saturated carbocycles. The van der Waals surface area contributed by atoms with Crippen LogP contribution in [0.1, 0.15) is 24.4 Å². The fourth-order valence-electron chi connectivity index (χ4n) is 1.55. The highest BCUT2D eigenvalue weighted by molar-refractivity contribution is 5.73. The number of nitrogens with two attached hydrogens (primary N) is 2. The molecule has 0 radical (unpaired) electrons. The molecule has 0 aliphatic carbocycles. The van der Waals surface area contributed by atoms with Crippen LogP contribution in [0.25, 0.3) is 0 Å². The van der Waals surface area contributed by atoms with Gasteiger partial charge in [0.1, 0.15) is 0 Å². The summed E-state index contributed by atoms with van der Waals surface area (Å²) in [6.07, 6.45) is 0.792. The number of amides is 1. The normalized spacial score (nSPS) is 11.9. The second-order valence-electron chi connectivity index (χ2n) is 3.73. The van der Waals surface area contributed by atoms with Crippen LogP contribution >= 0.6 is 0 Å². The van der Waals surface area contributed by atoms with E-state index in [1.807, 2.05) is 12.1 Å². The van der Waals surface area contributed by atoms with Gasteiger partial charge in [-0.05, 0) is 24.1 Å². The molecule has 0 heterocycles. The number of ether oxygens (including phenoxy) is 2. The molecule has 1 amide bonds. The number of carbonyl (C=O) groups excluding carboxylic acids is 1. The highest BCUT2D eigenvalue weighted by atomic mass is 16.5. The zero-order valence-electron chi connectivity index (χ0n) is 10.1. The van der Waals surface area contributed by atoms with Gasteiger partial charge in [-0.25, -0.2) is 0 Å². The van der Waals surface area contributed by atoms with Crippen LogP contribution in [0.2, 0.25) is 0 Å². The molecule has 5 heteroatoms. The standard InChI is InChI=1S/C12H18N2O3/c1-16-10-5-3-8(7-11(10)17-2)9(13)4-6-12(14)15/h3,5,7,9H,4,6,13H2,1-2H3,(H2,14,15). The average molecular weight is 238 g/mol. The minimum Gasteiger partial charge on any atom is -0.493 e. The van der Waals surface area contributed by atoms with Crippen LogP contribution in [0, 0.1) is 0 Å². The Morgan fingerprint density at radius 3 is 2.47 bits per heavy atom. The summed E-state index contributed by atoms with van der Waals surface area (Å²) < 4.78 is 10.3. The molecule has 0 spiro atoms. The van der Waals surface area contributed by atoms with Gasteiger partial charge in [0.2, 0.25) is 5.91 Å². The van der Waals surface area contributed by atoms with Gasteiger partial charge in [-0.15, -0.1) is 0 Å². The van der Waals surface area contributed by atoms with Gasteiger partial charge in [0, 0.05) is 12.5 Å². The number of primary amides is 1. The van der Waals surface area contributed by atoms with Crippen molar-refractivity contribution in [2.24, 2.45) is 11.5 Å². The molecule has 1 atom stereocenters. The zero-order valence-corrected chi connectivity index (χ0v) is 10.1. The smallest absolute Gasteiger partial charge is 0.217 e. The van der Waals surface area contributed by atoms with E-state index in [1.165, 1.54) is 0 Å². The highest BCUT2D eigenvalue weighted by Crippen LogP contribution is 2.30. The molecule has 0 aliphatic heterocycles. The Morgan fingerprint density at radius 2 is 1.94 bits per heavy atom. The summed E-state index contributed by atoms with van der Waals surface area (Å²) in [6.45, 7) is 0. The van der Waals surface area contributed by atoms with Crippen LogP contribution in [0.3, 0.4) is 0 Å². The van der Waals surface area contributed by atoms with Gasteiger partial charge >= 0.3 is 0 Å². The first-order chi connectivity index (χ1) is 8.08. The average Bonchev–Trinajstić information content (AvgIpc) is 2.34. The summed E-state index contributed by atoms with van der Waals surface area (Å²) >= 11 is 0. The lowest BCUT2D eigenvalue weighted by molar-refractivity contribution is -0.118. The molecule has 0 aromatic heterocycles. The van der Waals surface area contributed by atoms with Crippen molar-refractivity contribution >= 4 is 5.91 Å².